The van der Waals surface area contributed by atoms with Gasteiger partial charge in [-0.1, -0.05) is 0 Å². The zero-order valence-corrected chi connectivity index (χ0v) is 11.7. The van der Waals surface area contributed by atoms with Gasteiger partial charge in [0.2, 0.25) is 0 Å². The zero-order chi connectivity index (χ0) is 13.7. The summed E-state index contributed by atoms with van der Waals surface area (Å²) < 4.78 is 9.90. The summed E-state index contributed by atoms with van der Waals surface area (Å²) in [6, 6.07) is 4.10. The van der Waals surface area contributed by atoms with Crippen LogP contribution in [-0.4, -0.2) is 24.1 Å². The lowest BCUT2D eigenvalue weighted by Crippen LogP contribution is -2.16. The molecular weight excluding hydrogens is 264 g/mol. The van der Waals surface area contributed by atoms with Gasteiger partial charge in [-0.25, -0.2) is 9.78 Å². The minimum absolute atomic E-state index is 0.252. The second-order valence-corrected chi connectivity index (χ2v) is 5.05. The van der Waals surface area contributed by atoms with Crippen LogP contribution < -0.4 is 5.32 Å². The van der Waals surface area contributed by atoms with Crippen molar-refractivity contribution >= 4 is 22.4 Å². The topological polar surface area (TPSA) is 64.4 Å². The summed E-state index contributed by atoms with van der Waals surface area (Å²) in [6.07, 6.45) is 3.48. The van der Waals surface area contributed by atoms with E-state index in [4.69, 9.17) is 4.42 Å². The second-order valence-electron chi connectivity index (χ2n) is 4.19. The van der Waals surface area contributed by atoms with E-state index in [1.165, 1.54) is 18.4 Å². The molecule has 2 heterocycles. The molecule has 1 unspecified atom stereocenters. The zero-order valence-electron chi connectivity index (χ0n) is 10.9. The fourth-order valence-corrected chi connectivity index (χ4v) is 2.43. The Morgan fingerprint density at radius 3 is 3.16 bits per heavy atom. The van der Waals surface area contributed by atoms with Gasteiger partial charge in [-0.15, -0.1) is 11.3 Å². The van der Waals surface area contributed by atoms with Gasteiger partial charge >= 0.3 is 5.97 Å². The quantitative estimate of drug-likeness (QED) is 0.824. The van der Waals surface area contributed by atoms with Gasteiger partial charge in [-0.05, 0) is 25.5 Å². The maximum absolute atomic E-state index is 11.3. The highest BCUT2D eigenvalue weighted by Crippen LogP contribution is 2.18. The van der Waals surface area contributed by atoms with E-state index in [9.17, 15) is 4.79 Å². The molecule has 0 bridgehead atoms. The number of carbonyl (C=O) groups excluding carboxylic acids is 1. The molecule has 0 spiro atoms. The molecule has 0 fully saturated rings. The van der Waals surface area contributed by atoms with E-state index < -0.39 is 5.97 Å². The molecule has 0 saturated carbocycles. The Kier molecular flexibility index (Phi) is 4.57. The Labute approximate surface area is 115 Å². The van der Waals surface area contributed by atoms with Gasteiger partial charge in [0, 0.05) is 17.8 Å². The molecule has 0 aliphatic carbocycles. The molecule has 102 valence electrons. The number of methoxy groups -OCH3 is 1. The number of aromatic nitrogens is 1. The minimum atomic E-state index is -0.410. The molecule has 2 rings (SSSR count). The fourth-order valence-electron chi connectivity index (χ4n) is 1.63. The van der Waals surface area contributed by atoms with Gasteiger partial charge in [0.1, 0.15) is 5.76 Å². The van der Waals surface area contributed by atoms with Crippen LogP contribution >= 0.6 is 11.3 Å². The number of hydrogen-bond donors (Lipinski definition) is 1. The number of nitrogens with one attached hydrogen (secondary N) is 1. The number of rotatable bonds is 6. The van der Waals surface area contributed by atoms with Crippen molar-refractivity contribution in [3.05, 3.63) is 35.2 Å². The lowest BCUT2D eigenvalue weighted by molar-refractivity contribution is 0.0595. The molecule has 2 aromatic rings. The molecule has 0 aromatic carbocycles. The van der Waals surface area contributed by atoms with Gasteiger partial charge in [-0.2, -0.15) is 0 Å². The van der Waals surface area contributed by atoms with Crippen LogP contribution in [0.15, 0.2) is 28.2 Å². The normalized spacial score (nSPS) is 12.1. The summed E-state index contributed by atoms with van der Waals surface area (Å²) in [5, 5.41) is 5.68. The summed E-state index contributed by atoms with van der Waals surface area (Å²) >= 11 is 1.40. The molecule has 5 nitrogen and oxygen atoms in total. The first-order chi connectivity index (χ1) is 9.19. The molecule has 1 N–H and O–H groups in total. The SMILES string of the molecule is COC(=O)c1csc(NC(C)CCc2ccco2)n1. The minimum Gasteiger partial charge on any atom is -0.469 e. The second kappa shape index (κ2) is 6.38. The lowest BCUT2D eigenvalue weighted by Gasteiger charge is -2.11. The molecule has 19 heavy (non-hydrogen) atoms. The standard InChI is InChI=1S/C13H16N2O3S/c1-9(5-6-10-4-3-7-18-10)14-13-15-11(8-19-13)12(16)17-2/h3-4,7-9H,5-6H2,1-2H3,(H,14,15). The third kappa shape index (κ3) is 3.82. The maximum Gasteiger partial charge on any atom is 0.357 e. The fraction of sp³-hybridized carbons (Fsp3) is 0.385. The van der Waals surface area contributed by atoms with Crippen molar-refractivity contribution in [2.75, 3.05) is 12.4 Å². The van der Waals surface area contributed by atoms with E-state index in [-0.39, 0.29) is 6.04 Å². The van der Waals surface area contributed by atoms with Crippen LogP contribution in [0.5, 0.6) is 0 Å². The van der Waals surface area contributed by atoms with Crippen LogP contribution in [0.4, 0.5) is 5.13 Å². The van der Waals surface area contributed by atoms with Gasteiger partial charge in [0.25, 0.3) is 0 Å². The smallest absolute Gasteiger partial charge is 0.357 e. The van der Waals surface area contributed by atoms with E-state index in [0.717, 1.165) is 23.7 Å². The van der Waals surface area contributed by atoms with Crippen LogP contribution in [0.1, 0.15) is 29.6 Å². The number of esters is 1. The number of carbonyl (C=O) groups is 1. The van der Waals surface area contributed by atoms with Crippen molar-refractivity contribution in [1.29, 1.82) is 0 Å². The Balaban J connectivity index is 1.83. The van der Waals surface area contributed by atoms with E-state index in [1.807, 2.05) is 12.1 Å². The van der Waals surface area contributed by atoms with Crippen molar-refractivity contribution in [3.63, 3.8) is 0 Å². The monoisotopic (exact) mass is 280 g/mol. The van der Waals surface area contributed by atoms with Gasteiger partial charge in [-0.3, -0.25) is 0 Å². The number of aryl methyl sites for hydroxylation is 1. The predicted octanol–water partition coefficient (Wildman–Crippen LogP) is 2.96. The maximum atomic E-state index is 11.3. The van der Waals surface area contributed by atoms with E-state index in [2.05, 4.69) is 22.0 Å². The van der Waals surface area contributed by atoms with Crippen molar-refractivity contribution in [2.45, 2.75) is 25.8 Å². The molecule has 0 amide bonds. The third-order valence-electron chi connectivity index (χ3n) is 2.67. The molecule has 6 heteroatoms. The van der Waals surface area contributed by atoms with E-state index in [1.54, 1.807) is 11.6 Å². The summed E-state index contributed by atoms with van der Waals surface area (Å²) in [6.45, 7) is 2.07. The number of nitrogens with zero attached hydrogens (tertiary/aromatic N) is 1. The molecule has 1 atom stereocenters. The average molecular weight is 280 g/mol. The first kappa shape index (κ1) is 13.6. The van der Waals surface area contributed by atoms with Gasteiger partial charge in [0.05, 0.1) is 13.4 Å². The molecule has 0 saturated heterocycles. The first-order valence-electron chi connectivity index (χ1n) is 6.02. The van der Waals surface area contributed by atoms with Crippen molar-refractivity contribution in [1.82, 2.24) is 4.98 Å². The molecular formula is C13H16N2O3S. The Bertz CT molecular complexity index is 522. The largest absolute Gasteiger partial charge is 0.469 e. The number of thiazole rings is 1. The molecule has 0 aliphatic heterocycles. The van der Waals surface area contributed by atoms with Gasteiger partial charge in [0.15, 0.2) is 10.8 Å². The number of furan rings is 1. The molecule has 0 aliphatic rings. The Hall–Kier alpha value is -1.82. The summed E-state index contributed by atoms with van der Waals surface area (Å²) in [5.74, 6) is 0.565. The first-order valence-corrected chi connectivity index (χ1v) is 6.89. The predicted molar refractivity (Wildman–Crippen MR) is 73.6 cm³/mol. The molecule has 2 aromatic heterocycles. The van der Waals surface area contributed by atoms with Crippen LogP contribution in [0.25, 0.3) is 0 Å². The third-order valence-corrected chi connectivity index (χ3v) is 3.45. The number of anilines is 1. The Morgan fingerprint density at radius 1 is 1.63 bits per heavy atom. The molecule has 0 radical (unpaired) electrons. The number of ether oxygens (including phenoxy) is 1. The highest BCUT2D eigenvalue weighted by atomic mass is 32.1. The highest BCUT2D eigenvalue weighted by molar-refractivity contribution is 7.13. The summed E-state index contributed by atoms with van der Waals surface area (Å²) in [7, 11) is 1.35. The highest BCUT2D eigenvalue weighted by Gasteiger charge is 2.12. The van der Waals surface area contributed by atoms with E-state index >= 15 is 0 Å². The average Bonchev–Trinajstić information content (AvgIpc) is 3.06. The lowest BCUT2D eigenvalue weighted by atomic mass is 10.1. The van der Waals surface area contributed by atoms with Crippen molar-refractivity contribution in [2.24, 2.45) is 0 Å². The summed E-state index contributed by atoms with van der Waals surface area (Å²) in [5.41, 5.74) is 0.341. The Morgan fingerprint density at radius 2 is 2.47 bits per heavy atom. The van der Waals surface area contributed by atoms with Crippen LogP contribution in [0.2, 0.25) is 0 Å². The van der Waals surface area contributed by atoms with Crippen LogP contribution in [0.3, 0.4) is 0 Å². The van der Waals surface area contributed by atoms with Crippen molar-refractivity contribution < 1.29 is 13.9 Å². The summed E-state index contributed by atoms with van der Waals surface area (Å²) in [4.78, 5) is 15.5. The van der Waals surface area contributed by atoms with E-state index in [0.29, 0.717) is 5.69 Å². The van der Waals surface area contributed by atoms with Crippen LogP contribution in [0, 0.1) is 0 Å². The van der Waals surface area contributed by atoms with Gasteiger partial charge < -0.3 is 14.5 Å². The van der Waals surface area contributed by atoms with Crippen molar-refractivity contribution in [3.8, 4) is 0 Å². The number of hydrogen-bond acceptors (Lipinski definition) is 6. The van der Waals surface area contributed by atoms with Crippen LogP contribution in [-0.2, 0) is 11.2 Å².